The molecule has 0 radical (unpaired) electrons. The van der Waals surface area contributed by atoms with E-state index in [1.54, 1.807) is 10.9 Å². The Labute approximate surface area is 136 Å². The summed E-state index contributed by atoms with van der Waals surface area (Å²) < 4.78 is 1.58. The lowest BCUT2D eigenvalue weighted by Gasteiger charge is -2.19. The van der Waals surface area contributed by atoms with Crippen LogP contribution in [-0.2, 0) is 19.4 Å². The second-order valence-corrected chi connectivity index (χ2v) is 6.09. The van der Waals surface area contributed by atoms with Crippen molar-refractivity contribution in [1.29, 1.82) is 0 Å². The molecule has 1 aliphatic rings. The Morgan fingerprint density at radius 3 is 2.91 bits per heavy atom. The zero-order valence-corrected chi connectivity index (χ0v) is 13.5. The SMILES string of the molecule is CC(NC(=O)c1cn(CCN)nn1)c1ccc2c(c1)CCCC2. The number of carbonyl (C=O) groups is 1. The molecule has 1 aliphatic carbocycles. The van der Waals surface area contributed by atoms with Gasteiger partial charge in [0, 0.05) is 6.54 Å². The summed E-state index contributed by atoms with van der Waals surface area (Å²) >= 11 is 0. The summed E-state index contributed by atoms with van der Waals surface area (Å²) in [7, 11) is 0. The maximum absolute atomic E-state index is 12.3. The van der Waals surface area contributed by atoms with Gasteiger partial charge in [-0.05, 0) is 49.3 Å². The largest absolute Gasteiger partial charge is 0.344 e. The van der Waals surface area contributed by atoms with Crippen LogP contribution in [0.1, 0.15) is 53.0 Å². The maximum atomic E-state index is 12.3. The van der Waals surface area contributed by atoms with Gasteiger partial charge in [-0.15, -0.1) is 5.10 Å². The highest BCUT2D eigenvalue weighted by Gasteiger charge is 2.16. The van der Waals surface area contributed by atoms with Gasteiger partial charge in [0.2, 0.25) is 0 Å². The molecule has 3 N–H and O–H groups in total. The van der Waals surface area contributed by atoms with Crippen molar-refractivity contribution in [1.82, 2.24) is 20.3 Å². The van der Waals surface area contributed by atoms with E-state index in [2.05, 4.69) is 33.8 Å². The minimum absolute atomic E-state index is 0.0608. The third-order valence-electron chi connectivity index (χ3n) is 4.35. The molecular weight excluding hydrogens is 290 g/mol. The van der Waals surface area contributed by atoms with E-state index in [-0.39, 0.29) is 11.9 Å². The first-order valence-corrected chi connectivity index (χ1v) is 8.20. The number of hydrogen-bond acceptors (Lipinski definition) is 4. The van der Waals surface area contributed by atoms with E-state index in [0.717, 1.165) is 12.0 Å². The first kappa shape index (κ1) is 15.7. The van der Waals surface area contributed by atoms with Crippen LogP contribution < -0.4 is 11.1 Å². The number of nitrogens with zero attached hydrogens (tertiary/aromatic N) is 3. The Bertz CT molecular complexity index is 694. The zero-order chi connectivity index (χ0) is 16.2. The molecule has 6 nitrogen and oxygen atoms in total. The van der Waals surface area contributed by atoms with Crippen molar-refractivity contribution in [3.63, 3.8) is 0 Å². The molecule has 1 heterocycles. The summed E-state index contributed by atoms with van der Waals surface area (Å²) in [4.78, 5) is 12.3. The van der Waals surface area contributed by atoms with Crippen molar-refractivity contribution in [2.24, 2.45) is 5.73 Å². The number of amides is 1. The van der Waals surface area contributed by atoms with Gasteiger partial charge in [-0.25, -0.2) is 0 Å². The third kappa shape index (κ3) is 3.59. The van der Waals surface area contributed by atoms with Crippen molar-refractivity contribution in [2.45, 2.75) is 45.2 Å². The van der Waals surface area contributed by atoms with Crippen LogP contribution in [0.4, 0.5) is 0 Å². The molecule has 1 amide bonds. The normalized spacial score (nSPS) is 15.0. The van der Waals surface area contributed by atoms with Crippen molar-refractivity contribution >= 4 is 5.91 Å². The molecule has 0 spiro atoms. The molecule has 1 unspecified atom stereocenters. The molecule has 0 bridgehead atoms. The van der Waals surface area contributed by atoms with E-state index in [4.69, 9.17) is 5.73 Å². The van der Waals surface area contributed by atoms with Gasteiger partial charge in [0.25, 0.3) is 5.91 Å². The summed E-state index contributed by atoms with van der Waals surface area (Å²) in [6.07, 6.45) is 6.46. The van der Waals surface area contributed by atoms with E-state index >= 15 is 0 Å². The Kier molecular flexibility index (Phi) is 4.71. The number of benzene rings is 1. The van der Waals surface area contributed by atoms with E-state index in [9.17, 15) is 4.79 Å². The van der Waals surface area contributed by atoms with Crippen LogP contribution in [0.25, 0.3) is 0 Å². The maximum Gasteiger partial charge on any atom is 0.273 e. The highest BCUT2D eigenvalue weighted by Crippen LogP contribution is 2.24. The first-order chi connectivity index (χ1) is 11.2. The van der Waals surface area contributed by atoms with Gasteiger partial charge < -0.3 is 11.1 Å². The molecule has 23 heavy (non-hydrogen) atoms. The number of nitrogens with one attached hydrogen (secondary N) is 1. The minimum atomic E-state index is -0.210. The van der Waals surface area contributed by atoms with Gasteiger partial charge in [0.15, 0.2) is 5.69 Å². The third-order valence-corrected chi connectivity index (χ3v) is 4.35. The quantitative estimate of drug-likeness (QED) is 0.878. The highest BCUT2D eigenvalue weighted by molar-refractivity contribution is 5.92. The van der Waals surface area contributed by atoms with Crippen LogP contribution in [0.3, 0.4) is 0 Å². The van der Waals surface area contributed by atoms with Crippen LogP contribution in [0.2, 0.25) is 0 Å². The number of carbonyl (C=O) groups excluding carboxylic acids is 1. The van der Waals surface area contributed by atoms with Gasteiger partial charge in [-0.2, -0.15) is 0 Å². The second-order valence-electron chi connectivity index (χ2n) is 6.09. The molecule has 6 heteroatoms. The lowest BCUT2D eigenvalue weighted by atomic mass is 9.89. The van der Waals surface area contributed by atoms with Crippen LogP contribution in [0.15, 0.2) is 24.4 Å². The average molecular weight is 313 g/mol. The molecule has 0 aliphatic heterocycles. The fourth-order valence-corrected chi connectivity index (χ4v) is 3.02. The van der Waals surface area contributed by atoms with Gasteiger partial charge in [0.1, 0.15) is 0 Å². The van der Waals surface area contributed by atoms with Crippen LogP contribution in [0.5, 0.6) is 0 Å². The molecule has 0 saturated carbocycles. The number of fused-ring (bicyclic) bond motifs is 1. The topological polar surface area (TPSA) is 85.8 Å². The van der Waals surface area contributed by atoms with Gasteiger partial charge in [0.05, 0.1) is 18.8 Å². The molecule has 1 aromatic carbocycles. The fourth-order valence-electron chi connectivity index (χ4n) is 3.02. The molecular formula is C17H23N5O. The van der Waals surface area contributed by atoms with Crippen LogP contribution in [-0.4, -0.2) is 27.4 Å². The van der Waals surface area contributed by atoms with Crippen molar-refractivity contribution in [3.05, 3.63) is 46.8 Å². The van der Waals surface area contributed by atoms with Crippen molar-refractivity contribution in [3.8, 4) is 0 Å². The number of rotatable bonds is 5. The van der Waals surface area contributed by atoms with Gasteiger partial charge >= 0.3 is 0 Å². The standard InChI is InChI=1S/C17H23N5O/c1-12(14-7-6-13-4-2-3-5-15(13)10-14)19-17(23)16-11-22(9-8-18)21-20-16/h6-7,10-12H,2-5,8-9,18H2,1H3,(H,19,23). The van der Waals surface area contributed by atoms with Crippen LogP contribution >= 0.6 is 0 Å². The molecule has 0 fully saturated rings. The van der Waals surface area contributed by atoms with E-state index < -0.39 is 0 Å². The summed E-state index contributed by atoms with van der Waals surface area (Å²) in [5, 5.41) is 10.8. The Hall–Kier alpha value is -2.21. The Morgan fingerprint density at radius 1 is 1.35 bits per heavy atom. The Morgan fingerprint density at radius 2 is 2.13 bits per heavy atom. The molecule has 122 valence electrons. The number of nitrogens with two attached hydrogens (primary N) is 1. The predicted molar refractivity (Wildman–Crippen MR) is 88.0 cm³/mol. The van der Waals surface area contributed by atoms with Gasteiger partial charge in [-0.1, -0.05) is 23.4 Å². The predicted octanol–water partition coefficient (Wildman–Crippen LogP) is 1.61. The molecule has 2 aromatic rings. The summed E-state index contributed by atoms with van der Waals surface area (Å²) in [5.74, 6) is -0.210. The molecule has 1 aromatic heterocycles. The minimum Gasteiger partial charge on any atom is -0.344 e. The first-order valence-electron chi connectivity index (χ1n) is 8.20. The lowest BCUT2D eigenvalue weighted by Crippen LogP contribution is -2.27. The molecule has 0 saturated heterocycles. The summed E-state index contributed by atoms with van der Waals surface area (Å²) in [6, 6.07) is 6.48. The van der Waals surface area contributed by atoms with Crippen molar-refractivity contribution < 1.29 is 4.79 Å². The smallest absolute Gasteiger partial charge is 0.273 e. The average Bonchev–Trinajstić information content (AvgIpc) is 3.03. The lowest BCUT2D eigenvalue weighted by molar-refractivity contribution is 0.0934. The second kappa shape index (κ2) is 6.91. The van der Waals surface area contributed by atoms with E-state index in [1.165, 1.54) is 30.4 Å². The highest BCUT2D eigenvalue weighted by atomic mass is 16.2. The number of aromatic nitrogens is 3. The monoisotopic (exact) mass is 313 g/mol. The van der Waals surface area contributed by atoms with E-state index in [1.807, 2.05) is 6.92 Å². The zero-order valence-electron chi connectivity index (χ0n) is 13.5. The molecule has 1 atom stereocenters. The number of hydrogen-bond donors (Lipinski definition) is 2. The van der Waals surface area contributed by atoms with E-state index in [0.29, 0.717) is 18.8 Å². The number of aryl methyl sites for hydroxylation is 2. The van der Waals surface area contributed by atoms with Gasteiger partial charge in [-0.3, -0.25) is 9.48 Å². The van der Waals surface area contributed by atoms with Crippen LogP contribution in [0, 0.1) is 0 Å². The summed E-state index contributed by atoms with van der Waals surface area (Å²) in [5.41, 5.74) is 9.79. The fraction of sp³-hybridized carbons (Fsp3) is 0.471. The molecule has 3 rings (SSSR count). The van der Waals surface area contributed by atoms with Crippen molar-refractivity contribution in [2.75, 3.05) is 6.54 Å². The Balaban J connectivity index is 1.68. The summed E-state index contributed by atoms with van der Waals surface area (Å²) in [6.45, 7) is 3.02.